The third-order valence-corrected chi connectivity index (χ3v) is 5.51. The Hall–Kier alpha value is -2.86. The lowest BCUT2D eigenvalue weighted by Crippen LogP contribution is -2.44. The van der Waals surface area contributed by atoms with E-state index in [-0.39, 0.29) is 25.2 Å². The highest BCUT2D eigenvalue weighted by Crippen LogP contribution is 2.35. The molecule has 29 heavy (non-hydrogen) atoms. The van der Waals surface area contributed by atoms with Crippen molar-refractivity contribution in [2.75, 3.05) is 13.2 Å². The van der Waals surface area contributed by atoms with Crippen LogP contribution >= 0.6 is 0 Å². The molecule has 0 spiro atoms. The number of nitrogens with zero attached hydrogens (tertiary/aromatic N) is 1. The van der Waals surface area contributed by atoms with E-state index < -0.39 is 18.1 Å². The average molecular weight is 395 g/mol. The Morgan fingerprint density at radius 3 is 2.21 bits per heavy atom. The van der Waals surface area contributed by atoms with Crippen LogP contribution in [-0.2, 0) is 32.2 Å². The molecule has 2 fully saturated rings. The Kier molecular flexibility index (Phi) is 6.10. The summed E-state index contributed by atoms with van der Waals surface area (Å²) in [5, 5.41) is 0. The number of likely N-dealkylation sites (tertiary alicyclic amines) is 1. The van der Waals surface area contributed by atoms with Crippen LogP contribution in [0.5, 0.6) is 0 Å². The van der Waals surface area contributed by atoms with Crippen LogP contribution in [0, 0.1) is 5.92 Å². The highest BCUT2D eigenvalue weighted by atomic mass is 16.6. The van der Waals surface area contributed by atoms with Crippen molar-refractivity contribution in [2.24, 2.45) is 5.92 Å². The van der Waals surface area contributed by atoms with Crippen molar-refractivity contribution >= 4 is 12.1 Å². The van der Waals surface area contributed by atoms with E-state index in [1.165, 1.54) is 4.90 Å². The summed E-state index contributed by atoms with van der Waals surface area (Å²) >= 11 is 0. The van der Waals surface area contributed by atoms with Gasteiger partial charge in [-0.25, -0.2) is 9.59 Å². The lowest BCUT2D eigenvalue weighted by atomic mass is 9.91. The second-order valence-electron chi connectivity index (χ2n) is 7.45. The molecule has 2 aliphatic rings. The first-order chi connectivity index (χ1) is 14.2. The lowest BCUT2D eigenvalue weighted by molar-refractivity contribution is -0.152. The van der Waals surface area contributed by atoms with Gasteiger partial charge in [0.05, 0.1) is 12.6 Å². The number of benzene rings is 2. The molecule has 0 saturated carbocycles. The van der Waals surface area contributed by atoms with Gasteiger partial charge in [-0.05, 0) is 24.0 Å². The number of rotatable bonds is 5. The number of amides is 1. The fourth-order valence-electron chi connectivity index (χ4n) is 4.06. The predicted molar refractivity (Wildman–Crippen MR) is 106 cm³/mol. The van der Waals surface area contributed by atoms with Gasteiger partial charge in [-0.3, -0.25) is 4.90 Å². The van der Waals surface area contributed by atoms with E-state index >= 15 is 0 Å². The molecule has 2 heterocycles. The number of carbonyl (C=O) groups is 2. The zero-order valence-electron chi connectivity index (χ0n) is 16.2. The second-order valence-corrected chi connectivity index (χ2v) is 7.45. The third-order valence-electron chi connectivity index (χ3n) is 5.51. The lowest BCUT2D eigenvalue weighted by Gasteiger charge is -2.28. The van der Waals surface area contributed by atoms with Crippen LogP contribution in [0.4, 0.5) is 4.79 Å². The smallest absolute Gasteiger partial charge is 0.410 e. The van der Waals surface area contributed by atoms with Crippen molar-refractivity contribution in [2.45, 2.75) is 38.2 Å². The summed E-state index contributed by atoms with van der Waals surface area (Å²) in [4.78, 5) is 27.2. The van der Waals surface area contributed by atoms with Crippen molar-refractivity contribution in [1.82, 2.24) is 4.90 Å². The van der Waals surface area contributed by atoms with E-state index in [0.29, 0.717) is 13.2 Å². The summed E-state index contributed by atoms with van der Waals surface area (Å²) in [7, 11) is 0. The van der Waals surface area contributed by atoms with Gasteiger partial charge in [0.1, 0.15) is 19.3 Å². The first kappa shape index (κ1) is 19.5. The molecule has 2 aromatic rings. The van der Waals surface area contributed by atoms with Crippen molar-refractivity contribution in [1.29, 1.82) is 0 Å². The summed E-state index contributed by atoms with van der Waals surface area (Å²) in [5.41, 5.74) is 1.81. The maximum absolute atomic E-state index is 12.9. The molecular weight excluding hydrogens is 370 g/mol. The van der Waals surface area contributed by atoms with Crippen molar-refractivity contribution in [3.8, 4) is 0 Å². The Morgan fingerprint density at radius 1 is 0.931 bits per heavy atom. The molecule has 0 unspecified atom stereocenters. The minimum atomic E-state index is -0.674. The average Bonchev–Trinajstić information content (AvgIpc) is 3.17. The summed E-state index contributed by atoms with van der Waals surface area (Å²) in [6.45, 7) is 1.35. The SMILES string of the molecule is O=C(OCc1ccccc1)[C@@H]1[C@H]2CCCO[C@H]2CN1C(=O)OCc1ccccc1. The summed E-state index contributed by atoms with van der Waals surface area (Å²) in [6, 6.07) is 18.3. The Morgan fingerprint density at radius 2 is 1.55 bits per heavy atom. The van der Waals surface area contributed by atoms with Gasteiger partial charge in [0.25, 0.3) is 0 Å². The van der Waals surface area contributed by atoms with Crippen molar-refractivity contribution < 1.29 is 23.8 Å². The highest BCUT2D eigenvalue weighted by Gasteiger charge is 2.50. The maximum Gasteiger partial charge on any atom is 0.410 e. The predicted octanol–water partition coefficient (Wildman–Crippen LogP) is 3.55. The number of hydrogen-bond acceptors (Lipinski definition) is 5. The van der Waals surface area contributed by atoms with Gasteiger partial charge in [0, 0.05) is 12.5 Å². The molecule has 2 saturated heterocycles. The number of esters is 1. The molecule has 0 radical (unpaired) electrons. The zero-order chi connectivity index (χ0) is 20.1. The maximum atomic E-state index is 12.9. The molecule has 3 atom stereocenters. The number of carbonyl (C=O) groups excluding carboxylic acids is 2. The van der Waals surface area contributed by atoms with E-state index in [1.54, 1.807) is 0 Å². The normalized spacial score (nSPS) is 23.3. The molecule has 2 aromatic carbocycles. The highest BCUT2D eigenvalue weighted by molar-refractivity contribution is 5.82. The third kappa shape index (κ3) is 4.59. The van der Waals surface area contributed by atoms with Gasteiger partial charge in [-0.15, -0.1) is 0 Å². The Labute approximate surface area is 170 Å². The van der Waals surface area contributed by atoms with E-state index in [2.05, 4.69) is 0 Å². The molecule has 0 aromatic heterocycles. The van der Waals surface area contributed by atoms with Crippen LogP contribution in [0.3, 0.4) is 0 Å². The quantitative estimate of drug-likeness (QED) is 0.725. The molecule has 152 valence electrons. The monoisotopic (exact) mass is 395 g/mol. The minimum absolute atomic E-state index is 0.0590. The number of hydrogen-bond donors (Lipinski definition) is 0. The van der Waals surface area contributed by atoms with Crippen molar-refractivity contribution in [3.05, 3.63) is 71.8 Å². The molecule has 4 rings (SSSR count). The molecule has 6 nitrogen and oxygen atoms in total. The molecule has 0 aliphatic carbocycles. The van der Waals surface area contributed by atoms with Gasteiger partial charge in [0.2, 0.25) is 0 Å². The summed E-state index contributed by atoms with van der Waals surface area (Å²) in [6.07, 6.45) is 1.05. The van der Waals surface area contributed by atoms with Gasteiger partial charge in [0.15, 0.2) is 0 Å². The fourth-order valence-corrected chi connectivity index (χ4v) is 4.06. The molecule has 1 amide bonds. The van der Waals surface area contributed by atoms with Crippen LogP contribution < -0.4 is 0 Å². The molecule has 0 bridgehead atoms. The first-order valence-corrected chi connectivity index (χ1v) is 10.0. The number of ether oxygens (including phenoxy) is 3. The second kappa shape index (κ2) is 9.09. The van der Waals surface area contributed by atoms with Gasteiger partial charge < -0.3 is 14.2 Å². The molecule has 0 N–H and O–H groups in total. The molecule has 6 heteroatoms. The summed E-state index contributed by atoms with van der Waals surface area (Å²) in [5.74, 6) is -0.459. The summed E-state index contributed by atoms with van der Waals surface area (Å²) < 4.78 is 16.9. The van der Waals surface area contributed by atoms with Crippen LogP contribution in [0.1, 0.15) is 24.0 Å². The van der Waals surface area contributed by atoms with Gasteiger partial charge in [-0.1, -0.05) is 60.7 Å². The Bertz CT molecular complexity index is 826. The van der Waals surface area contributed by atoms with Gasteiger partial charge in [-0.2, -0.15) is 0 Å². The van der Waals surface area contributed by atoms with Gasteiger partial charge >= 0.3 is 12.1 Å². The Balaban J connectivity index is 1.43. The van der Waals surface area contributed by atoms with E-state index in [0.717, 1.165) is 24.0 Å². The van der Waals surface area contributed by atoms with Crippen LogP contribution in [0.2, 0.25) is 0 Å². The van der Waals surface area contributed by atoms with E-state index in [9.17, 15) is 9.59 Å². The standard InChI is InChI=1S/C23H25NO5/c25-22(28-15-17-8-3-1-4-9-17)21-19-12-7-13-27-20(19)14-24(21)23(26)29-16-18-10-5-2-6-11-18/h1-6,8-11,19-21H,7,12-16H2/t19-,20-,21-/m0/s1. The zero-order valence-corrected chi connectivity index (χ0v) is 16.2. The fraction of sp³-hybridized carbons (Fsp3) is 0.391. The van der Waals surface area contributed by atoms with E-state index in [4.69, 9.17) is 14.2 Å². The van der Waals surface area contributed by atoms with E-state index in [1.807, 2.05) is 60.7 Å². The molecular formula is C23H25NO5. The topological polar surface area (TPSA) is 65.1 Å². The largest absolute Gasteiger partial charge is 0.459 e. The minimum Gasteiger partial charge on any atom is -0.459 e. The van der Waals surface area contributed by atoms with Crippen LogP contribution in [0.25, 0.3) is 0 Å². The number of fused-ring (bicyclic) bond motifs is 1. The first-order valence-electron chi connectivity index (χ1n) is 10.0. The van der Waals surface area contributed by atoms with Crippen LogP contribution in [-0.4, -0.2) is 42.3 Å². The van der Waals surface area contributed by atoms with Crippen LogP contribution in [0.15, 0.2) is 60.7 Å². The molecule has 2 aliphatic heterocycles. The van der Waals surface area contributed by atoms with Crippen molar-refractivity contribution in [3.63, 3.8) is 0 Å².